The number of hydrogen-bond acceptors (Lipinski definition) is 5. The van der Waals surface area contributed by atoms with Crippen molar-refractivity contribution >= 4 is 38.7 Å². The predicted molar refractivity (Wildman–Crippen MR) is 144 cm³/mol. The highest BCUT2D eigenvalue weighted by Gasteiger charge is 2.48. The summed E-state index contributed by atoms with van der Waals surface area (Å²) in [6, 6.07) is 14.0. The van der Waals surface area contributed by atoms with E-state index < -0.39 is 5.41 Å². The molecule has 3 fully saturated rings. The van der Waals surface area contributed by atoms with Crippen LogP contribution >= 0.6 is 15.9 Å². The average Bonchev–Trinajstić information content (AvgIpc) is 3.53. The van der Waals surface area contributed by atoms with Crippen molar-refractivity contribution in [1.82, 2.24) is 24.7 Å². The molecule has 1 aliphatic carbocycles. The Labute approximate surface area is 220 Å². The van der Waals surface area contributed by atoms with Crippen LogP contribution in [0.25, 0.3) is 22.4 Å². The van der Waals surface area contributed by atoms with Gasteiger partial charge >= 0.3 is 0 Å². The quantitative estimate of drug-likeness (QED) is 0.506. The smallest absolute Gasteiger partial charge is 0.254 e. The number of amides is 1. The van der Waals surface area contributed by atoms with E-state index in [1.54, 1.807) is 0 Å². The maximum Gasteiger partial charge on any atom is 0.254 e. The minimum Gasteiger partial charge on any atom is -0.336 e. The summed E-state index contributed by atoms with van der Waals surface area (Å²) in [5.74, 6) is 1.50. The molecule has 1 amide bonds. The topological polar surface area (TPSA) is 70.5 Å². The van der Waals surface area contributed by atoms with Crippen LogP contribution < -0.4 is 5.32 Å². The Kier molecular flexibility index (Phi) is 6.22. The number of carbonyl (C=O) groups is 2. The Morgan fingerprint density at radius 1 is 1.08 bits per heavy atom. The lowest BCUT2D eigenvalue weighted by Crippen LogP contribution is -2.47. The van der Waals surface area contributed by atoms with Crippen molar-refractivity contribution in [2.24, 2.45) is 11.3 Å². The van der Waals surface area contributed by atoms with Crippen LogP contribution in [0.4, 0.5) is 0 Å². The summed E-state index contributed by atoms with van der Waals surface area (Å²) in [5.41, 5.74) is 3.02. The fourth-order valence-corrected chi connectivity index (χ4v) is 5.94. The van der Waals surface area contributed by atoms with Crippen LogP contribution in [0.2, 0.25) is 0 Å². The van der Waals surface area contributed by atoms with E-state index >= 15 is 0 Å². The number of benzene rings is 2. The van der Waals surface area contributed by atoms with Gasteiger partial charge < -0.3 is 19.7 Å². The van der Waals surface area contributed by atoms with Gasteiger partial charge in [0.25, 0.3) is 5.91 Å². The molecular formula is C28H32BrN5O2. The van der Waals surface area contributed by atoms with Crippen molar-refractivity contribution in [1.29, 1.82) is 0 Å². The van der Waals surface area contributed by atoms with Gasteiger partial charge in [0.05, 0.1) is 16.4 Å². The monoisotopic (exact) mass is 549 g/mol. The molecule has 0 bridgehead atoms. The van der Waals surface area contributed by atoms with Crippen LogP contribution in [0.3, 0.4) is 0 Å². The highest BCUT2D eigenvalue weighted by atomic mass is 79.9. The molecule has 36 heavy (non-hydrogen) atoms. The fraction of sp³-hybridized carbons (Fsp3) is 0.464. The van der Waals surface area contributed by atoms with Gasteiger partial charge in [-0.3, -0.25) is 9.59 Å². The van der Waals surface area contributed by atoms with E-state index in [0.29, 0.717) is 24.4 Å². The van der Waals surface area contributed by atoms with Crippen LogP contribution in [-0.4, -0.2) is 77.4 Å². The van der Waals surface area contributed by atoms with Gasteiger partial charge in [-0.15, -0.1) is 0 Å². The van der Waals surface area contributed by atoms with Gasteiger partial charge in [0, 0.05) is 60.8 Å². The first kappa shape index (κ1) is 23.8. The summed E-state index contributed by atoms with van der Waals surface area (Å²) in [5, 5.41) is 3.45. The third-order valence-electron chi connectivity index (χ3n) is 8.06. The Morgan fingerprint density at radius 3 is 2.50 bits per heavy atom. The third kappa shape index (κ3) is 4.40. The molecule has 6 rings (SSSR count). The molecule has 2 saturated heterocycles. The lowest BCUT2D eigenvalue weighted by atomic mass is 9.80. The number of likely N-dealkylation sites (N-methyl/N-ethyl adjacent to an activating group) is 1. The van der Waals surface area contributed by atoms with Crippen LogP contribution in [0.5, 0.6) is 0 Å². The zero-order valence-corrected chi connectivity index (χ0v) is 22.3. The number of aromatic nitrogens is 2. The van der Waals surface area contributed by atoms with Gasteiger partial charge in [-0.2, -0.15) is 0 Å². The molecule has 3 aliphatic rings. The van der Waals surface area contributed by atoms with Crippen molar-refractivity contribution in [3.05, 3.63) is 52.5 Å². The molecular weight excluding hydrogens is 518 g/mol. The van der Waals surface area contributed by atoms with E-state index in [1.807, 2.05) is 35.2 Å². The van der Waals surface area contributed by atoms with Gasteiger partial charge in [0.2, 0.25) is 0 Å². The van der Waals surface area contributed by atoms with E-state index in [1.165, 1.54) is 0 Å². The highest BCUT2D eigenvalue weighted by Crippen LogP contribution is 2.42. The number of hydrogen-bond donors (Lipinski definition) is 1. The molecule has 1 atom stereocenters. The highest BCUT2D eigenvalue weighted by molar-refractivity contribution is 9.10. The molecule has 8 heteroatoms. The first-order valence-electron chi connectivity index (χ1n) is 12.9. The summed E-state index contributed by atoms with van der Waals surface area (Å²) in [4.78, 5) is 36.1. The summed E-state index contributed by atoms with van der Waals surface area (Å²) in [7, 11) is 2.09. The van der Waals surface area contributed by atoms with E-state index in [9.17, 15) is 9.59 Å². The standard InChI is InChI=1S/C28H32BrN5O2/c1-32-12-14-33(15-13-32)27(36)21-6-9-23-24(16-21)34(26(31-23)20-4-7-22(29)8-5-20)18-28(10-11-30-17-28)25(35)19-2-3-19/h4-9,16,19,30H,2-3,10-15,17-18H2,1H3/t28-/m0/s1. The zero-order valence-electron chi connectivity index (χ0n) is 20.7. The molecule has 188 valence electrons. The Bertz CT molecular complexity index is 1300. The zero-order chi connectivity index (χ0) is 24.9. The van der Waals surface area contributed by atoms with Crippen molar-refractivity contribution < 1.29 is 9.59 Å². The third-order valence-corrected chi connectivity index (χ3v) is 8.59. The second-order valence-corrected chi connectivity index (χ2v) is 11.6. The average molecular weight is 551 g/mol. The normalized spacial score (nSPS) is 22.9. The van der Waals surface area contributed by atoms with Gasteiger partial charge in [-0.1, -0.05) is 28.1 Å². The van der Waals surface area contributed by atoms with E-state index in [0.717, 1.165) is 78.9 Å². The molecule has 2 aliphatic heterocycles. The van der Waals surface area contributed by atoms with Crippen LogP contribution in [0, 0.1) is 11.3 Å². The molecule has 2 aromatic carbocycles. The summed E-state index contributed by atoms with van der Waals surface area (Å²) in [6.07, 6.45) is 2.85. The number of piperazine rings is 1. The molecule has 0 radical (unpaired) electrons. The van der Waals surface area contributed by atoms with Gasteiger partial charge in [-0.05, 0) is 63.2 Å². The molecule has 3 aromatic rings. The van der Waals surface area contributed by atoms with Crippen molar-refractivity contribution in [3.63, 3.8) is 0 Å². The van der Waals surface area contributed by atoms with E-state index in [4.69, 9.17) is 4.98 Å². The molecule has 1 aromatic heterocycles. The molecule has 1 saturated carbocycles. The predicted octanol–water partition coefficient (Wildman–Crippen LogP) is 3.81. The van der Waals surface area contributed by atoms with Crippen LogP contribution in [0.1, 0.15) is 29.6 Å². The molecule has 1 N–H and O–H groups in total. The van der Waals surface area contributed by atoms with E-state index in [2.05, 4.69) is 49.9 Å². The lowest BCUT2D eigenvalue weighted by molar-refractivity contribution is -0.129. The first-order valence-corrected chi connectivity index (χ1v) is 13.7. The Hall–Kier alpha value is -2.55. The number of nitrogens with zero attached hydrogens (tertiary/aromatic N) is 4. The first-order chi connectivity index (χ1) is 17.4. The number of rotatable bonds is 6. The van der Waals surface area contributed by atoms with Crippen molar-refractivity contribution in [2.45, 2.75) is 25.8 Å². The number of Topliss-reactive ketones (excluding diaryl/α,β-unsaturated/α-hetero) is 1. The summed E-state index contributed by atoms with van der Waals surface area (Å²) in [6.45, 7) is 5.37. The van der Waals surface area contributed by atoms with Gasteiger partial charge in [-0.25, -0.2) is 4.98 Å². The SMILES string of the molecule is CN1CCN(C(=O)c2ccc3nc(-c4ccc(Br)cc4)n(C[C@]4(C(=O)C5CC5)CCNC4)c3c2)CC1. The number of halogens is 1. The molecule has 7 nitrogen and oxygen atoms in total. The number of fused-ring (bicyclic) bond motifs is 1. The molecule has 0 unspecified atom stereocenters. The second kappa shape index (κ2) is 9.39. The van der Waals surface area contributed by atoms with Crippen molar-refractivity contribution in [3.8, 4) is 11.4 Å². The second-order valence-electron chi connectivity index (χ2n) is 10.7. The fourth-order valence-electron chi connectivity index (χ4n) is 5.68. The largest absolute Gasteiger partial charge is 0.336 e. The number of ketones is 1. The molecule has 3 heterocycles. The Morgan fingerprint density at radius 2 is 1.83 bits per heavy atom. The Balaban J connectivity index is 1.44. The number of carbonyl (C=O) groups excluding carboxylic acids is 2. The van der Waals surface area contributed by atoms with Gasteiger partial charge in [0.1, 0.15) is 11.6 Å². The lowest BCUT2D eigenvalue weighted by Gasteiger charge is -2.32. The summed E-state index contributed by atoms with van der Waals surface area (Å²) >= 11 is 3.53. The number of imidazole rings is 1. The maximum absolute atomic E-state index is 13.5. The van der Waals surface area contributed by atoms with E-state index in [-0.39, 0.29) is 11.8 Å². The number of nitrogens with one attached hydrogen (secondary N) is 1. The minimum absolute atomic E-state index is 0.0641. The van der Waals surface area contributed by atoms with Crippen molar-refractivity contribution in [2.75, 3.05) is 46.3 Å². The van der Waals surface area contributed by atoms with Crippen LogP contribution in [0.15, 0.2) is 46.9 Å². The molecule has 0 spiro atoms. The summed E-state index contributed by atoms with van der Waals surface area (Å²) < 4.78 is 3.21. The minimum atomic E-state index is -0.434. The van der Waals surface area contributed by atoms with Gasteiger partial charge in [0.15, 0.2) is 0 Å². The van der Waals surface area contributed by atoms with Crippen LogP contribution in [-0.2, 0) is 11.3 Å². The maximum atomic E-state index is 13.5.